The van der Waals surface area contributed by atoms with Gasteiger partial charge in [-0.05, 0) is 24.5 Å². The van der Waals surface area contributed by atoms with Gasteiger partial charge in [-0.1, -0.05) is 11.6 Å². The second-order valence-corrected chi connectivity index (χ2v) is 10.4. The molecule has 40 heavy (non-hydrogen) atoms. The summed E-state index contributed by atoms with van der Waals surface area (Å²) in [5, 5.41) is 13.7. The number of ether oxygens (including phenoxy) is 1. The normalized spacial score (nSPS) is 20.9. The summed E-state index contributed by atoms with van der Waals surface area (Å²) in [5.74, 6) is 1.56. The maximum atomic E-state index is 12.7. The summed E-state index contributed by atoms with van der Waals surface area (Å²) in [7, 11) is 0. The monoisotopic (exact) mass is 548 g/mol. The van der Waals surface area contributed by atoms with Crippen molar-refractivity contribution in [1.82, 2.24) is 15.5 Å². The molecule has 208 valence electrons. The molecule has 2 aliphatic heterocycles. The number of nitrogens with one attached hydrogen (secondary N) is 3. The number of nitrogens with zero attached hydrogens (tertiary/aromatic N) is 3. The molecule has 6 N–H and O–H groups in total. The minimum atomic E-state index is -0.284. The summed E-state index contributed by atoms with van der Waals surface area (Å²) in [6, 6.07) is 5.52. The number of carbonyl (C=O) groups is 1. The average molecular weight is 549 g/mol. The van der Waals surface area contributed by atoms with Crippen LogP contribution < -0.4 is 32.0 Å². The number of anilines is 4. The molecule has 1 amide bonds. The van der Waals surface area contributed by atoms with E-state index < -0.39 is 0 Å². The van der Waals surface area contributed by atoms with Gasteiger partial charge in [0.25, 0.3) is 5.91 Å². The van der Waals surface area contributed by atoms with E-state index in [1.165, 1.54) is 18.8 Å². The molecular formula is C27H30N7O6+. The molecule has 0 radical (unpaired) electrons. The Morgan fingerprint density at radius 1 is 1.07 bits per heavy atom. The van der Waals surface area contributed by atoms with Crippen LogP contribution in [0.25, 0.3) is 22.4 Å². The average Bonchev–Trinajstić information content (AvgIpc) is 3.69. The standard InChI is InChI=1S/C27H29N7O6/c28-16-3-1-2-4-17(16)30-20-9-14-12-29-27(36)23(14)26(31-20)32-21-10-18(33-40-21)15-13-38-25-19(35)11-22(39-24(15)25)34-5-7-37-8-6-34/h9-11,13,16-17H,1-8,12,28H2,(H,29,36)(H2,30,31,32)/p+1/t16-,17+/m1/s1. The van der Waals surface area contributed by atoms with Crippen molar-refractivity contribution < 1.29 is 28.6 Å². The Hall–Kier alpha value is -4.36. The van der Waals surface area contributed by atoms with Crippen molar-refractivity contribution in [3.05, 3.63) is 45.8 Å². The van der Waals surface area contributed by atoms with Crippen molar-refractivity contribution >= 4 is 40.5 Å². The number of rotatable bonds is 6. The van der Waals surface area contributed by atoms with Crippen LogP contribution in [-0.4, -0.2) is 54.4 Å². The molecule has 0 unspecified atom stereocenters. The van der Waals surface area contributed by atoms with E-state index in [-0.39, 0.29) is 34.4 Å². The molecule has 1 aliphatic carbocycles. The lowest BCUT2D eigenvalue weighted by atomic mass is 9.91. The van der Waals surface area contributed by atoms with Gasteiger partial charge < -0.3 is 44.7 Å². The first-order chi connectivity index (χ1) is 19.5. The highest BCUT2D eigenvalue weighted by Crippen LogP contribution is 2.34. The molecule has 0 bridgehead atoms. The third-order valence-electron chi connectivity index (χ3n) is 7.79. The summed E-state index contributed by atoms with van der Waals surface area (Å²) in [6.45, 7) is 2.78. The third kappa shape index (κ3) is 4.46. The molecule has 0 spiro atoms. The SMILES string of the molecule is [NH3+][C@@H]1CCCC[C@@H]1Nc1cc2c(c(Nc3cc(-c4coc5c(=O)cc(N6CCOCC6)oc45)no3)n1)C(=O)NC2. The molecule has 6 heterocycles. The first-order valence-electron chi connectivity index (χ1n) is 13.6. The van der Waals surface area contributed by atoms with Crippen LogP contribution in [-0.2, 0) is 11.3 Å². The summed E-state index contributed by atoms with van der Waals surface area (Å²) >= 11 is 0. The number of furan rings is 1. The molecule has 3 aliphatic rings. The number of fused-ring (bicyclic) bond motifs is 2. The van der Waals surface area contributed by atoms with Crippen LogP contribution in [0.15, 0.2) is 42.6 Å². The lowest BCUT2D eigenvalue weighted by Crippen LogP contribution is -2.68. The smallest absolute Gasteiger partial charge is 0.255 e. The summed E-state index contributed by atoms with van der Waals surface area (Å²) in [5.41, 5.74) is 6.59. The van der Waals surface area contributed by atoms with Crippen molar-refractivity contribution in [3.8, 4) is 11.3 Å². The van der Waals surface area contributed by atoms with E-state index in [0.717, 1.165) is 24.8 Å². The fraction of sp³-hybridized carbons (Fsp3) is 0.407. The van der Waals surface area contributed by atoms with E-state index in [4.69, 9.17) is 23.1 Å². The second kappa shape index (κ2) is 9.99. The molecule has 7 rings (SSSR count). The van der Waals surface area contributed by atoms with Crippen molar-refractivity contribution in [2.75, 3.05) is 41.8 Å². The molecule has 13 nitrogen and oxygen atoms in total. The number of morpholine rings is 1. The Morgan fingerprint density at radius 2 is 1.93 bits per heavy atom. The molecule has 2 atom stereocenters. The minimum absolute atomic E-state index is 0.103. The molecular weight excluding hydrogens is 518 g/mol. The van der Waals surface area contributed by atoms with Crippen LogP contribution in [0.1, 0.15) is 41.6 Å². The van der Waals surface area contributed by atoms with Crippen molar-refractivity contribution in [1.29, 1.82) is 0 Å². The molecule has 1 saturated heterocycles. The molecule has 1 saturated carbocycles. The number of carbonyl (C=O) groups excluding carboxylic acids is 1. The molecule has 0 aromatic carbocycles. The maximum absolute atomic E-state index is 12.7. The van der Waals surface area contributed by atoms with E-state index >= 15 is 0 Å². The number of quaternary nitrogens is 1. The van der Waals surface area contributed by atoms with E-state index in [1.807, 2.05) is 11.0 Å². The van der Waals surface area contributed by atoms with Gasteiger partial charge in [0.2, 0.25) is 16.9 Å². The Kier molecular flexibility index (Phi) is 6.16. The van der Waals surface area contributed by atoms with Gasteiger partial charge in [0.1, 0.15) is 29.6 Å². The van der Waals surface area contributed by atoms with Crippen LogP contribution in [0, 0.1) is 0 Å². The molecule has 4 aromatic rings. The van der Waals surface area contributed by atoms with Crippen molar-refractivity contribution in [2.24, 2.45) is 0 Å². The van der Waals surface area contributed by atoms with E-state index in [9.17, 15) is 9.59 Å². The fourth-order valence-corrected chi connectivity index (χ4v) is 5.63. The van der Waals surface area contributed by atoms with Crippen LogP contribution in [0.4, 0.5) is 23.4 Å². The van der Waals surface area contributed by atoms with Gasteiger partial charge in [-0.2, -0.15) is 0 Å². The highest BCUT2D eigenvalue weighted by atomic mass is 16.5. The summed E-state index contributed by atoms with van der Waals surface area (Å²) < 4.78 is 22.6. The van der Waals surface area contributed by atoms with Gasteiger partial charge in [-0.15, -0.1) is 0 Å². The zero-order valence-corrected chi connectivity index (χ0v) is 21.8. The summed E-state index contributed by atoms with van der Waals surface area (Å²) in [4.78, 5) is 32.1. The number of amides is 1. The van der Waals surface area contributed by atoms with Crippen LogP contribution in [0.2, 0.25) is 0 Å². The number of pyridine rings is 1. The highest BCUT2D eigenvalue weighted by Gasteiger charge is 2.29. The Labute approximate surface area is 228 Å². The number of hydrogen-bond donors (Lipinski definition) is 4. The van der Waals surface area contributed by atoms with Gasteiger partial charge in [0.05, 0.1) is 36.4 Å². The Balaban J connectivity index is 1.19. The summed E-state index contributed by atoms with van der Waals surface area (Å²) in [6.07, 6.45) is 5.86. The first kappa shape index (κ1) is 24.7. The van der Waals surface area contributed by atoms with Crippen molar-refractivity contribution in [3.63, 3.8) is 0 Å². The topological polar surface area (TPSA) is 176 Å². The predicted octanol–water partition coefficient (Wildman–Crippen LogP) is 2.22. The van der Waals surface area contributed by atoms with Gasteiger partial charge >= 0.3 is 0 Å². The first-order valence-corrected chi connectivity index (χ1v) is 13.6. The number of aromatic nitrogens is 2. The zero-order chi connectivity index (χ0) is 27.2. The quantitative estimate of drug-likeness (QED) is 0.278. The third-order valence-corrected chi connectivity index (χ3v) is 7.79. The Bertz CT molecular complexity index is 1640. The molecule has 2 fully saturated rings. The van der Waals surface area contributed by atoms with E-state index in [2.05, 4.69) is 26.8 Å². The van der Waals surface area contributed by atoms with E-state index in [0.29, 0.717) is 73.2 Å². The zero-order valence-electron chi connectivity index (χ0n) is 21.8. The van der Waals surface area contributed by atoms with Crippen LogP contribution in [0.3, 0.4) is 0 Å². The lowest BCUT2D eigenvalue weighted by Gasteiger charge is -2.27. The van der Waals surface area contributed by atoms with Gasteiger partial charge in [0, 0.05) is 32.1 Å². The van der Waals surface area contributed by atoms with Gasteiger partial charge in [0.15, 0.2) is 11.5 Å². The number of hydrogen-bond acceptors (Lipinski definition) is 11. The predicted molar refractivity (Wildman–Crippen MR) is 145 cm³/mol. The lowest BCUT2D eigenvalue weighted by molar-refractivity contribution is -0.427. The largest absolute Gasteiger partial charge is 0.456 e. The Morgan fingerprint density at radius 3 is 2.77 bits per heavy atom. The maximum Gasteiger partial charge on any atom is 0.255 e. The van der Waals surface area contributed by atoms with Crippen LogP contribution >= 0.6 is 0 Å². The van der Waals surface area contributed by atoms with Gasteiger partial charge in [-0.3, -0.25) is 9.59 Å². The molecule has 13 heteroatoms. The highest BCUT2D eigenvalue weighted by molar-refractivity contribution is 6.03. The van der Waals surface area contributed by atoms with Gasteiger partial charge in [-0.25, -0.2) is 4.98 Å². The van der Waals surface area contributed by atoms with Crippen molar-refractivity contribution in [2.45, 2.75) is 44.3 Å². The second-order valence-electron chi connectivity index (χ2n) is 10.4. The van der Waals surface area contributed by atoms with E-state index in [1.54, 1.807) is 6.07 Å². The fourth-order valence-electron chi connectivity index (χ4n) is 5.63. The minimum Gasteiger partial charge on any atom is -0.456 e. The van der Waals surface area contributed by atoms with Crippen LogP contribution in [0.5, 0.6) is 0 Å². The molecule has 4 aromatic heterocycles.